The summed E-state index contributed by atoms with van der Waals surface area (Å²) in [4.78, 5) is 11.4. The van der Waals surface area contributed by atoms with Crippen LogP contribution in [0.3, 0.4) is 0 Å². The molecule has 1 saturated carbocycles. The lowest BCUT2D eigenvalue weighted by Crippen LogP contribution is -2.13. The highest BCUT2D eigenvalue weighted by atomic mass is 79.9. The predicted octanol–water partition coefficient (Wildman–Crippen LogP) is 7.10. The molecule has 0 amide bonds. The predicted molar refractivity (Wildman–Crippen MR) is 123 cm³/mol. The van der Waals surface area contributed by atoms with Crippen LogP contribution in [0.4, 0.5) is 0 Å². The van der Waals surface area contributed by atoms with Gasteiger partial charge in [-0.1, -0.05) is 36.4 Å². The smallest absolute Gasteiger partial charge is 0.303 e. The van der Waals surface area contributed by atoms with Crippen LogP contribution in [0.25, 0.3) is 21.9 Å². The van der Waals surface area contributed by atoms with E-state index in [0.717, 1.165) is 52.6 Å². The Kier molecular flexibility index (Phi) is 5.28. The van der Waals surface area contributed by atoms with E-state index >= 15 is 0 Å². The normalized spacial score (nSPS) is 18.6. The van der Waals surface area contributed by atoms with Crippen LogP contribution in [-0.4, -0.2) is 17.2 Å². The van der Waals surface area contributed by atoms with E-state index in [0.29, 0.717) is 0 Å². The average molecular weight is 465 g/mol. The Bertz CT molecular complexity index is 1110. The minimum absolute atomic E-state index is 0.0635. The van der Waals surface area contributed by atoms with Gasteiger partial charge in [0, 0.05) is 5.56 Å². The number of rotatable bonds is 5. The molecule has 1 unspecified atom stereocenters. The molecule has 3 aromatic carbocycles. The van der Waals surface area contributed by atoms with Crippen molar-refractivity contribution in [2.75, 3.05) is 0 Å². The molecule has 0 aliphatic heterocycles. The van der Waals surface area contributed by atoms with Crippen LogP contribution in [0.1, 0.15) is 55.6 Å². The lowest BCUT2D eigenvalue weighted by atomic mass is 9.92. The first-order valence-corrected chi connectivity index (χ1v) is 11.6. The van der Waals surface area contributed by atoms with Gasteiger partial charge in [0.05, 0.1) is 17.0 Å². The van der Waals surface area contributed by atoms with Crippen molar-refractivity contribution in [1.29, 1.82) is 0 Å². The maximum atomic E-state index is 11.4. The lowest BCUT2D eigenvalue weighted by Gasteiger charge is -2.22. The van der Waals surface area contributed by atoms with E-state index in [1.807, 2.05) is 0 Å². The van der Waals surface area contributed by atoms with Crippen molar-refractivity contribution in [1.82, 2.24) is 0 Å². The lowest BCUT2D eigenvalue weighted by molar-refractivity contribution is -0.137. The number of carbonyl (C=O) groups is 1. The van der Waals surface area contributed by atoms with Gasteiger partial charge in [-0.2, -0.15) is 0 Å². The summed E-state index contributed by atoms with van der Waals surface area (Å²) in [5.41, 5.74) is 4.56. The van der Waals surface area contributed by atoms with Crippen LogP contribution in [0.5, 0.6) is 5.75 Å². The minimum atomic E-state index is -0.734. The standard InChI is InChI=1S/C26H25BrO3/c27-25-21-12-11-19(14-24(28)29)22(21)15-23(26(25)30-20-7-3-4-8-20)18-10-9-16-5-1-2-6-17(16)13-18/h1-2,5-6,9-10,13,15,19-20H,3-4,7-8,11-12,14H2,(H,28,29). The van der Waals surface area contributed by atoms with Gasteiger partial charge >= 0.3 is 5.97 Å². The van der Waals surface area contributed by atoms with Crippen molar-refractivity contribution in [2.45, 2.75) is 57.0 Å². The minimum Gasteiger partial charge on any atom is -0.489 e. The molecule has 0 saturated heterocycles. The molecule has 1 N–H and O–H groups in total. The van der Waals surface area contributed by atoms with Crippen molar-refractivity contribution >= 4 is 32.7 Å². The summed E-state index contributed by atoms with van der Waals surface area (Å²) >= 11 is 3.86. The fourth-order valence-electron chi connectivity index (χ4n) is 5.06. The van der Waals surface area contributed by atoms with Crippen LogP contribution in [-0.2, 0) is 11.2 Å². The molecule has 2 aliphatic carbocycles. The summed E-state index contributed by atoms with van der Waals surface area (Å²) in [6.45, 7) is 0. The van der Waals surface area contributed by atoms with Gasteiger partial charge in [0.1, 0.15) is 5.75 Å². The zero-order valence-corrected chi connectivity index (χ0v) is 18.5. The molecule has 30 heavy (non-hydrogen) atoms. The molecule has 3 nitrogen and oxygen atoms in total. The SMILES string of the molecule is O=C(O)CC1CCc2c1cc(-c1ccc3ccccc3c1)c(OC1CCCC1)c2Br. The van der Waals surface area contributed by atoms with E-state index < -0.39 is 5.97 Å². The molecule has 0 bridgehead atoms. The molecule has 1 atom stereocenters. The van der Waals surface area contributed by atoms with Gasteiger partial charge in [-0.05, 0) is 100.0 Å². The van der Waals surface area contributed by atoms with Crippen molar-refractivity contribution in [2.24, 2.45) is 0 Å². The third-order valence-electron chi connectivity index (χ3n) is 6.61. The molecule has 154 valence electrons. The summed E-state index contributed by atoms with van der Waals surface area (Å²) in [6, 6.07) is 17.1. The largest absolute Gasteiger partial charge is 0.489 e. The summed E-state index contributed by atoms with van der Waals surface area (Å²) in [5.74, 6) is 0.253. The number of aliphatic carboxylic acids is 1. The maximum Gasteiger partial charge on any atom is 0.303 e. The van der Waals surface area contributed by atoms with Crippen LogP contribution in [0, 0.1) is 0 Å². The number of benzene rings is 3. The van der Waals surface area contributed by atoms with E-state index in [1.54, 1.807) is 0 Å². The van der Waals surface area contributed by atoms with Crippen molar-refractivity contribution in [3.05, 3.63) is 64.1 Å². The molecule has 1 fully saturated rings. The number of hydrogen-bond acceptors (Lipinski definition) is 2. The summed E-state index contributed by atoms with van der Waals surface area (Å²) in [7, 11) is 0. The second kappa shape index (κ2) is 8.07. The highest BCUT2D eigenvalue weighted by Gasteiger charge is 2.31. The Morgan fingerprint density at radius 3 is 2.57 bits per heavy atom. The number of hydrogen-bond donors (Lipinski definition) is 1. The second-order valence-corrected chi connectivity index (χ2v) is 9.35. The summed E-state index contributed by atoms with van der Waals surface area (Å²) < 4.78 is 7.60. The van der Waals surface area contributed by atoms with E-state index in [1.165, 1.54) is 29.2 Å². The number of carboxylic acids is 1. The molecule has 0 aromatic heterocycles. The number of halogens is 1. The number of ether oxygens (including phenoxy) is 1. The molecule has 5 rings (SSSR count). The third kappa shape index (κ3) is 3.62. The Morgan fingerprint density at radius 2 is 1.80 bits per heavy atom. The molecular formula is C26H25BrO3. The highest BCUT2D eigenvalue weighted by Crippen LogP contribution is 2.49. The van der Waals surface area contributed by atoms with Crippen LogP contribution in [0.2, 0.25) is 0 Å². The van der Waals surface area contributed by atoms with Crippen LogP contribution >= 0.6 is 15.9 Å². The molecule has 0 spiro atoms. The van der Waals surface area contributed by atoms with Gasteiger partial charge in [0.25, 0.3) is 0 Å². The van der Waals surface area contributed by atoms with Crippen LogP contribution in [0.15, 0.2) is 53.0 Å². The monoisotopic (exact) mass is 464 g/mol. The van der Waals surface area contributed by atoms with Gasteiger partial charge < -0.3 is 9.84 Å². The topological polar surface area (TPSA) is 46.5 Å². The first kappa shape index (κ1) is 19.6. The van der Waals surface area contributed by atoms with Gasteiger partial charge in [0.15, 0.2) is 0 Å². The Hall–Kier alpha value is -2.33. The zero-order chi connectivity index (χ0) is 20.7. The Balaban J connectivity index is 1.66. The molecule has 2 aliphatic rings. The first-order valence-electron chi connectivity index (χ1n) is 10.8. The highest BCUT2D eigenvalue weighted by molar-refractivity contribution is 9.10. The number of carboxylic acid groups (broad SMARTS) is 1. The average Bonchev–Trinajstić information content (AvgIpc) is 3.39. The van der Waals surface area contributed by atoms with Crippen molar-refractivity contribution in [3.8, 4) is 16.9 Å². The molecule has 0 radical (unpaired) electrons. The van der Waals surface area contributed by atoms with E-state index in [2.05, 4.69) is 64.5 Å². The van der Waals surface area contributed by atoms with E-state index in [9.17, 15) is 9.90 Å². The molecule has 4 heteroatoms. The fourth-order valence-corrected chi connectivity index (χ4v) is 5.80. The first-order chi connectivity index (χ1) is 14.6. The quantitative estimate of drug-likeness (QED) is 0.437. The van der Waals surface area contributed by atoms with Crippen LogP contribution < -0.4 is 4.74 Å². The third-order valence-corrected chi connectivity index (χ3v) is 7.45. The fraction of sp³-hybridized carbons (Fsp3) is 0.346. The van der Waals surface area contributed by atoms with Gasteiger partial charge in [0.2, 0.25) is 0 Å². The van der Waals surface area contributed by atoms with E-state index in [4.69, 9.17) is 4.74 Å². The van der Waals surface area contributed by atoms with Gasteiger partial charge in [-0.15, -0.1) is 0 Å². The molecule has 3 aromatic rings. The Morgan fingerprint density at radius 1 is 1.03 bits per heavy atom. The number of fused-ring (bicyclic) bond motifs is 2. The molecule has 0 heterocycles. The van der Waals surface area contributed by atoms with Crippen molar-refractivity contribution in [3.63, 3.8) is 0 Å². The Labute approximate surface area is 185 Å². The van der Waals surface area contributed by atoms with Gasteiger partial charge in [-0.25, -0.2) is 0 Å². The molecular weight excluding hydrogens is 440 g/mol. The van der Waals surface area contributed by atoms with E-state index in [-0.39, 0.29) is 18.4 Å². The van der Waals surface area contributed by atoms with Gasteiger partial charge in [-0.3, -0.25) is 4.79 Å². The summed E-state index contributed by atoms with van der Waals surface area (Å²) in [5, 5.41) is 11.8. The maximum absolute atomic E-state index is 11.4. The van der Waals surface area contributed by atoms with Crippen molar-refractivity contribution < 1.29 is 14.6 Å². The second-order valence-electron chi connectivity index (χ2n) is 8.55. The summed E-state index contributed by atoms with van der Waals surface area (Å²) in [6.07, 6.45) is 6.86. The zero-order valence-electron chi connectivity index (χ0n) is 16.9.